The van der Waals surface area contributed by atoms with Crippen LogP contribution < -0.4 is 11.1 Å². The molecule has 0 bridgehead atoms. The average molecular weight is 445 g/mol. The van der Waals surface area contributed by atoms with Gasteiger partial charge in [0, 0.05) is 5.02 Å². The van der Waals surface area contributed by atoms with Crippen LogP contribution in [0.1, 0.15) is 17.4 Å². The first-order valence-corrected chi connectivity index (χ1v) is 9.34. The van der Waals surface area contributed by atoms with Crippen LogP contribution in [0.4, 0.5) is 20.3 Å². The van der Waals surface area contributed by atoms with Crippen molar-refractivity contribution < 1.29 is 18.7 Å². The second-order valence-electron chi connectivity index (χ2n) is 6.66. The third-order valence-electron chi connectivity index (χ3n) is 4.62. The summed E-state index contributed by atoms with van der Waals surface area (Å²) < 4.78 is 30.7. The summed E-state index contributed by atoms with van der Waals surface area (Å²) in [5.74, 6) is -3.51. The molecule has 31 heavy (non-hydrogen) atoms. The number of hydrogen-bond acceptors (Lipinski definition) is 6. The van der Waals surface area contributed by atoms with E-state index < -0.39 is 29.3 Å². The van der Waals surface area contributed by atoms with Crippen LogP contribution >= 0.6 is 11.6 Å². The summed E-state index contributed by atoms with van der Waals surface area (Å²) in [6.07, 6.45) is -0.382. The molecule has 1 amide bonds. The lowest BCUT2D eigenvalue weighted by Crippen LogP contribution is -2.22. The molecule has 2 aromatic carbocycles. The molecule has 0 aliphatic rings. The smallest absolute Gasteiger partial charge is 0.257 e. The minimum absolute atomic E-state index is 0.0485. The van der Waals surface area contributed by atoms with Crippen LogP contribution in [-0.4, -0.2) is 30.8 Å². The Labute approximate surface area is 179 Å². The second kappa shape index (κ2) is 7.89. The minimum Gasteiger partial charge on any atom is -0.382 e. The molecule has 158 valence electrons. The third-order valence-corrected chi connectivity index (χ3v) is 4.85. The highest BCUT2D eigenvalue weighted by Crippen LogP contribution is 2.29. The Morgan fingerprint density at radius 3 is 2.74 bits per heavy atom. The average Bonchev–Trinajstić information content (AvgIpc) is 3.08. The van der Waals surface area contributed by atoms with E-state index in [0.29, 0.717) is 16.2 Å². The summed E-state index contributed by atoms with van der Waals surface area (Å²) >= 11 is 5.85. The molecule has 2 aromatic heterocycles. The van der Waals surface area contributed by atoms with E-state index in [9.17, 15) is 18.7 Å². The van der Waals surface area contributed by atoms with Gasteiger partial charge >= 0.3 is 0 Å². The van der Waals surface area contributed by atoms with Gasteiger partial charge in [0.1, 0.15) is 23.0 Å². The van der Waals surface area contributed by atoms with Crippen molar-refractivity contribution in [3.05, 3.63) is 70.6 Å². The first-order valence-electron chi connectivity index (χ1n) is 8.96. The Kier molecular flexibility index (Phi) is 5.25. The number of aliphatic hydroxyl groups is 1. The van der Waals surface area contributed by atoms with Crippen LogP contribution in [0, 0.1) is 18.6 Å². The highest BCUT2D eigenvalue weighted by atomic mass is 35.5. The molecular weight excluding hydrogens is 430 g/mol. The van der Waals surface area contributed by atoms with Crippen molar-refractivity contribution in [3.8, 4) is 5.69 Å². The maximum Gasteiger partial charge on any atom is 0.257 e. The maximum atomic E-state index is 14.9. The Bertz CT molecular complexity index is 1330. The number of carbonyl (C=O) groups excluding carboxylic acids is 1. The number of amides is 1. The van der Waals surface area contributed by atoms with Crippen LogP contribution in [0.5, 0.6) is 0 Å². The molecule has 0 unspecified atom stereocenters. The number of nitrogens with one attached hydrogen (secondary N) is 1. The second-order valence-corrected chi connectivity index (χ2v) is 7.10. The van der Waals surface area contributed by atoms with E-state index in [1.807, 2.05) is 0 Å². The van der Waals surface area contributed by atoms with Crippen molar-refractivity contribution >= 4 is 40.0 Å². The van der Waals surface area contributed by atoms with Crippen LogP contribution in [0.15, 0.2) is 42.7 Å². The molecule has 4 N–H and O–H groups in total. The zero-order valence-electron chi connectivity index (χ0n) is 16.0. The molecule has 4 aromatic rings. The van der Waals surface area contributed by atoms with Crippen molar-refractivity contribution in [1.82, 2.24) is 19.7 Å². The summed E-state index contributed by atoms with van der Waals surface area (Å²) in [7, 11) is 0. The number of fused-ring (bicyclic) bond motifs is 1. The first kappa shape index (κ1) is 20.6. The molecule has 8 nitrogen and oxygen atoms in total. The predicted molar refractivity (Wildman–Crippen MR) is 111 cm³/mol. The fourth-order valence-corrected chi connectivity index (χ4v) is 3.31. The lowest BCUT2D eigenvalue weighted by Gasteiger charge is -2.14. The van der Waals surface area contributed by atoms with E-state index in [4.69, 9.17) is 17.3 Å². The van der Waals surface area contributed by atoms with Crippen LogP contribution in [-0.2, 0) is 4.79 Å². The van der Waals surface area contributed by atoms with Crippen LogP contribution in [0.25, 0.3) is 16.7 Å². The topological polar surface area (TPSA) is 119 Å². The van der Waals surface area contributed by atoms with E-state index in [1.54, 1.807) is 19.1 Å². The Morgan fingerprint density at radius 1 is 1.23 bits per heavy atom. The fraction of sp³-hybridized carbons (Fsp3) is 0.100. The monoisotopic (exact) mass is 444 g/mol. The van der Waals surface area contributed by atoms with Gasteiger partial charge in [-0.1, -0.05) is 23.7 Å². The molecule has 0 spiro atoms. The van der Waals surface area contributed by atoms with Crippen LogP contribution in [0.3, 0.4) is 0 Å². The number of nitrogens with two attached hydrogens (primary N) is 1. The van der Waals surface area contributed by atoms with Crippen molar-refractivity contribution in [1.29, 1.82) is 0 Å². The summed E-state index contributed by atoms with van der Waals surface area (Å²) in [5.41, 5.74) is 6.45. The standard InChI is InChI=1S/C20H15ClF2N6O2/c1-9-16-17(19(24)26-8-25-16)29(28-9)13-6-5-12(14(22)15(13)23)27-20(31)18(30)10-3-2-4-11(21)7-10/h2-8,18,30H,1H3,(H,27,31)(H2,24,25,26)/t18-/m1/s1. The van der Waals surface area contributed by atoms with Gasteiger partial charge in [0.2, 0.25) is 0 Å². The number of rotatable bonds is 4. The van der Waals surface area contributed by atoms with Gasteiger partial charge in [-0.3, -0.25) is 4.79 Å². The Hall–Kier alpha value is -3.63. The number of halogens is 3. The van der Waals surface area contributed by atoms with E-state index in [2.05, 4.69) is 20.4 Å². The molecule has 0 radical (unpaired) electrons. The number of carbonyl (C=O) groups is 1. The van der Waals surface area contributed by atoms with Gasteiger partial charge in [0.05, 0.1) is 11.4 Å². The van der Waals surface area contributed by atoms with Gasteiger partial charge in [-0.05, 0) is 36.8 Å². The number of nitrogens with zero attached hydrogens (tertiary/aromatic N) is 4. The first-order chi connectivity index (χ1) is 14.8. The van der Waals surface area contributed by atoms with Crippen molar-refractivity contribution in [3.63, 3.8) is 0 Å². The molecule has 0 aliphatic heterocycles. The van der Waals surface area contributed by atoms with Gasteiger partial charge in [0.25, 0.3) is 5.91 Å². The number of nitrogen functional groups attached to an aromatic ring is 1. The zero-order valence-corrected chi connectivity index (χ0v) is 16.7. The van der Waals surface area contributed by atoms with Crippen molar-refractivity contribution in [2.45, 2.75) is 13.0 Å². The molecule has 4 rings (SSSR count). The van der Waals surface area contributed by atoms with Crippen molar-refractivity contribution in [2.24, 2.45) is 0 Å². The van der Waals surface area contributed by atoms with Gasteiger partial charge in [-0.15, -0.1) is 0 Å². The van der Waals surface area contributed by atoms with Gasteiger partial charge in [0.15, 0.2) is 23.6 Å². The molecule has 0 aliphatic carbocycles. The molecule has 0 saturated carbocycles. The van der Waals surface area contributed by atoms with Crippen LogP contribution in [0.2, 0.25) is 5.02 Å². The number of aliphatic hydroxyl groups excluding tert-OH is 1. The number of hydrogen-bond donors (Lipinski definition) is 3. The van der Waals surface area contributed by atoms with E-state index in [0.717, 1.165) is 10.7 Å². The minimum atomic E-state index is -1.63. The van der Waals surface area contributed by atoms with E-state index in [1.165, 1.54) is 24.5 Å². The normalized spacial score (nSPS) is 12.2. The lowest BCUT2D eigenvalue weighted by molar-refractivity contribution is -0.124. The number of benzene rings is 2. The van der Waals surface area contributed by atoms with Crippen molar-refractivity contribution in [2.75, 3.05) is 11.1 Å². The van der Waals surface area contributed by atoms with Gasteiger partial charge in [-0.25, -0.2) is 23.4 Å². The van der Waals surface area contributed by atoms with Gasteiger partial charge < -0.3 is 16.2 Å². The number of anilines is 2. The van der Waals surface area contributed by atoms with E-state index >= 15 is 0 Å². The molecule has 0 fully saturated rings. The predicted octanol–water partition coefficient (Wildman–Crippen LogP) is 3.31. The Morgan fingerprint density at radius 2 is 2.00 bits per heavy atom. The SMILES string of the molecule is Cc1nn(-c2ccc(NC(=O)[C@H](O)c3cccc(Cl)c3)c(F)c2F)c2c(N)ncnc12. The van der Waals surface area contributed by atoms with E-state index in [-0.39, 0.29) is 22.6 Å². The molecule has 11 heteroatoms. The summed E-state index contributed by atoms with van der Waals surface area (Å²) in [6, 6.07) is 8.37. The number of aryl methyl sites for hydroxylation is 1. The fourth-order valence-electron chi connectivity index (χ4n) is 3.12. The zero-order chi connectivity index (χ0) is 22.3. The molecule has 1 atom stereocenters. The summed E-state index contributed by atoms with van der Waals surface area (Å²) in [6.45, 7) is 1.64. The molecular formula is C20H15ClF2N6O2. The molecule has 2 heterocycles. The van der Waals surface area contributed by atoms with Gasteiger partial charge in [-0.2, -0.15) is 5.10 Å². The largest absolute Gasteiger partial charge is 0.382 e. The highest BCUT2D eigenvalue weighted by Gasteiger charge is 2.23. The lowest BCUT2D eigenvalue weighted by atomic mass is 10.1. The third kappa shape index (κ3) is 3.66. The maximum absolute atomic E-state index is 14.9. The summed E-state index contributed by atoms with van der Waals surface area (Å²) in [4.78, 5) is 20.3. The Balaban J connectivity index is 1.68. The number of aromatic nitrogens is 4. The summed E-state index contributed by atoms with van der Waals surface area (Å²) in [5, 5.41) is 16.9. The quantitative estimate of drug-likeness (QED) is 0.444. The highest BCUT2D eigenvalue weighted by molar-refractivity contribution is 6.30. The molecule has 0 saturated heterocycles.